The Hall–Kier alpha value is -2.15. The van der Waals surface area contributed by atoms with Crippen molar-refractivity contribution in [3.63, 3.8) is 0 Å². The molecule has 0 unspecified atom stereocenters. The zero-order chi connectivity index (χ0) is 19.5. The van der Waals surface area contributed by atoms with Crippen molar-refractivity contribution in [2.24, 2.45) is 0 Å². The molecule has 144 valence electrons. The summed E-state index contributed by atoms with van der Waals surface area (Å²) >= 11 is 1.90. The lowest BCUT2D eigenvalue weighted by molar-refractivity contribution is 0.112. The molecule has 0 aliphatic carbocycles. The quantitative estimate of drug-likeness (QED) is 0.304. The highest BCUT2D eigenvalue weighted by molar-refractivity contribution is 7.97. The Balaban J connectivity index is 0.000000208. The summed E-state index contributed by atoms with van der Waals surface area (Å²) in [7, 11) is 1.98. The second-order valence-electron chi connectivity index (χ2n) is 6.41. The van der Waals surface area contributed by atoms with E-state index >= 15 is 0 Å². The fourth-order valence-electron chi connectivity index (χ4n) is 2.77. The van der Waals surface area contributed by atoms with Gasteiger partial charge in [-0.3, -0.25) is 4.79 Å². The number of hydrogen-bond donors (Lipinski definition) is 3. The molecule has 5 nitrogen and oxygen atoms in total. The molecule has 2 aromatic carbocycles. The second kappa shape index (κ2) is 11.5. The van der Waals surface area contributed by atoms with Gasteiger partial charge in [-0.25, -0.2) is 4.31 Å². The molecule has 1 aliphatic heterocycles. The van der Waals surface area contributed by atoms with E-state index in [0.717, 1.165) is 19.0 Å². The van der Waals surface area contributed by atoms with Gasteiger partial charge in [0, 0.05) is 47.6 Å². The van der Waals surface area contributed by atoms with Gasteiger partial charge in [0.1, 0.15) is 6.29 Å². The number of rotatable bonds is 6. The number of anilines is 1. The highest BCUT2D eigenvalue weighted by Crippen LogP contribution is 2.26. The number of carbonyl (C=O) groups excluding carboxylic acids is 1. The Morgan fingerprint density at radius 1 is 1.15 bits per heavy atom. The Kier molecular flexibility index (Phi) is 9.04. The number of aldehydes is 1. The number of nitrogens with one attached hydrogen (secondary N) is 2. The van der Waals surface area contributed by atoms with E-state index in [0.29, 0.717) is 16.8 Å². The van der Waals surface area contributed by atoms with Crippen molar-refractivity contribution in [1.82, 2.24) is 9.62 Å². The standard InChI is InChI=1S/C13H20N2S.C8H8N2O/c1-14-11-12-5-7-13(8-6-12)16-15-9-3-2-4-10-15;9-4-7-3-6(5-11)1-2-8(7)10/h5-8,14H,2-4,9-11H2,1H3;1-5,9H,10H2. The summed E-state index contributed by atoms with van der Waals surface area (Å²) in [6.07, 6.45) is 5.96. The van der Waals surface area contributed by atoms with E-state index in [-0.39, 0.29) is 0 Å². The fourth-order valence-corrected chi connectivity index (χ4v) is 3.77. The van der Waals surface area contributed by atoms with E-state index in [1.54, 1.807) is 18.2 Å². The number of carbonyl (C=O) groups is 1. The molecule has 0 aromatic heterocycles. The van der Waals surface area contributed by atoms with Crippen LogP contribution < -0.4 is 11.1 Å². The molecule has 4 N–H and O–H groups in total. The van der Waals surface area contributed by atoms with Gasteiger partial charge in [-0.2, -0.15) is 0 Å². The minimum absolute atomic E-state index is 0.519. The van der Waals surface area contributed by atoms with Crippen LogP contribution in [0.4, 0.5) is 5.69 Å². The number of hydrogen-bond acceptors (Lipinski definition) is 6. The van der Waals surface area contributed by atoms with E-state index in [9.17, 15) is 4.79 Å². The van der Waals surface area contributed by atoms with E-state index in [2.05, 4.69) is 33.9 Å². The highest BCUT2D eigenvalue weighted by atomic mass is 32.2. The maximum atomic E-state index is 10.3. The molecule has 0 bridgehead atoms. The summed E-state index contributed by atoms with van der Waals surface area (Å²) < 4.78 is 2.48. The zero-order valence-corrected chi connectivity index (χ0v) is 16.6. The van der Waals surface area contributed by atoms with Crippen LogP contribution in [0.2, 0.25) is 0 Å². The summed E-state index contributed by atoms with van der Waals surface area (Å²) in [6, 6.07) is 13.7. The molecule has 0 amide bonds. The number of nitrogen functional groups attached to an aromatic ring is 1. The minimum Gasteiger partial charge on any atom is -0.398 e. The summed E-state index contributed by atoms with van der Waals surface area (Å²) in [4.78, 5) is 11.6. The third-order valence-corrected chi connectivity index (χ3v) is 5.36. The summed E-state index contributed by atoms with van der Waals surface area (Å²) in [5, 5.41) is 10.1. The lowest BCUT2D eigenvalue weighted by Crippen LogP contribution is -2.22. The average molecular weight is 385 g/mol. The average Bonchev–Trinajstić information content (AvgIpc) is 2.71. The van der Waals surface area contributed by atoms with Gasteiger partial charge in [0.15, 0.2) is 0 Å². The third kappa shape index (κ3) is 7.17. The monoisotopic (exact) mass is 384 g/mol. The number of piperidine rings is 1. The largest absolute Gasteiger partial charge is 0.398 e. The second-order valence-corrected chi connectivity index (χ2v) is 7.58. The van der Waals surface area contributed by atoms with Gasteiger partial charge >= 0.3 is 0 Å². The summed E-state index contributed by atoms with van der Waals surface area (Å²) in [6.45, 7) is 3.43. The molecule has 0 spiro atoms. The van der Waals surface area contributed by atoms with Crippen LogP contribution in [0.5, 0.6) is 0 Å². The first-order chi connectivity index (χ1) is 13.2. The summed E-state index contributed by atoms with van der Waals surface area (Å²) in [5.41, 5.74) is 8.48. The lowest BCUT2D eigenvalue weighted by atomic mass is 10.1. The first-order valence-corrected chi connectivity index (χ1v) is 9.95. The topological polar surface area (TPSA) is 82.2 Å². The van der Waals surface area contributed by atoms with Crippen molar-refractivity contribution in [1.29, 1.82) is 5.41 Å². The number of nitrogens with zero attached hydrogens (tertiary/aromatic N) is 1. The molecule has 1 saturated heterocycles. The van der Waals surface area contributed by atoms with Crippen LogP contribution in [0.15, 0.2) is 47.4 Å². The first-order valence-electron chi connectivity index (χ1n) is 9.18. The minimum atomic E-state index is 0.519. The maximum absolute atomic E-state index is 10.3. The molecule has 0 atom stereocenters. The van der Waals surface area contributed by atoms with Crippen LogP contribution in [0, 0.1) is 5.41 Å². The lowest BCUT2D eigenvalue weighted by Gasteiger charge is -2.25. The van der Waals surface area contributed by atoms with Crippen LogP contribution in [-0.4, -0.2) is 36.9 Å². The van der Waals surface area contributed by atoms with Crippen LogP contribution in [-0.2, 0) is 6.54 Å². The predicted octanol–water partition coefficient (Wildman–Crippen LogP) is 3.98. The van der Waals surface area contributed by atoms with E-state index < -0.39 is 0 Å². The summed E-state index contributed by atoms with van der Waals surface area (Å²) in [5.74, 6) is 0. The van der Waals surface area contributed by atoms with E-state index in [4.69, 9.17) is 11.1 Å². The molecule has 0 radical (unpaired) electrons. The van der Waals surface area contributed by atoms with Crippen LogP contribution >= 0.6 is 11.9 Å². The smallest absolute Gasteiger partial charge is 0.150 e. The van der Waals surface area contributed by atoms with Gasteiger partial charge in [-0.15, -0.1) is 0 Å². The van der Waals surface area contributed by atoms with E-state index in [1.165, 1.54) is 42.8 Å². The molecule has 1 fully saturated rings. The van der Waals surface area contributed by atoms with Crippen LogP contribution in [0.25, 0.3) is 0 Å². The normalized spacial score (nSPS) is 14.1. The van der Waals surface area contributed by atoms with Crippen LogP contribution in [0.3, 0.4) is 0 Å². The molecule has 0 saturated carbocycles. The van der Waals surface area contributed by atoms with Gasteiger partial charge in [-0.05, 0) is 67.7 Å². The van der Waals surface area contributed by atoms with Crippen molar-refractivity contribution in [2.75, 3.05) is 25.9 Å². The van der Waals surface area contributed by atoms with Gasteiger partial charge in [-0.1, -0.05) is 18.6 Å². The fraction of sp³-hybridized carbons (Fsp3) is 0.333. The van der Waals surface area contributed by atoms with E-state index in [1.807, 2.05) is 19.0 Å². The highest BCUT2D eigenvalue weighted by Gasteiger charge is 2.10. The molecule has 1 heterocycles. The van der Waals surface area contributed by atoms with Crippen molar-refractivity contribution >= 4 is 30.1 Å². The predicted molar refractivity (Wildman–Crippen MR) is 115 cm³/mol. The molecule has 2 aromatic rings. The van der Waals surface area contributed by atoms with Crippen molar-refractivity contribution in [3.05, 3.63) is 59.2 Å². The molecular formula is C21H28N4OS. The van der Waals surface area contributed by atoms with Crippen molar-refractivity contribution in [2.45, 2.75) is 30.7 Å². The Bertz CT molecular complexity index is 727. The van der Waals surface area contributed by atoms with Gasteiger partial charge < -0.3 is 16.5 Å². The molecule has 1 aliphatic rings. The SMILES string of the molecule is CNCc1ccc(SN2CCCCC2)cc1.N=Cc1cc(C=O)ccc1N. The molecule has 27 heavy (non-hydrogen) atoms. The van der Waals surface area contributed by atoms with Crippen molar-refractivity contribution in [3.8, 4) is 0 Å². The molecule has 3 rings (SSSR count). The first kappa shape index (κ1) is 21.2. The Labute approximate surface area is 166 Å². The van der Waals surface area contributed by atoms with Gasteiger partial charge in [0.2, 0.25) is 0 Å². The number of nitrogens with two attached hydrogens (primary N) is 1. The number of benzene rings is 2. The third-order valence-electron chi connectivity index (χ3n) is 4.26. The maximum Gasteiger partial charge on any atom is 0.150 e. The van der Waals surface area contributed by atoms with Crippen molar-refractivity contribution < 1.29 is 4.79 Å². The Morgan fingerprint density at radius 3 is 2.44 bits per heavy atom. The van der Waals surface area contributed by atoms with Gasteiger partial charge in [0.25, 0.3) is 0 Å². The molecule has 6 heteroatoms. The zero-order valence-electron chi connectivity index (χ0n) is 15.8. The van der Waals surface area contributed by atoms with Crippen LogP contribution in [0.1, 0.15) is 40.7 Å². The molecular weight excluding hydrogens is 356 g/mol. The van der Waals surface area contributed by atoms with Gasteiger partial charge in [0.05, 0.1) is 0 Å². The Morgan fingerprint density at radius 2 is 1.85 bits per heavy atom.